The van der Waals surface area contributed by atoms with Gasteiger partial charge in [0.2, 0.25) is 5.91 Å². The molecule has 1 unspecified atom stereocenters. The van der Waals surface area contributed by atoms with Gasteiger partial charge in [-0.2, -0.15) is 0 Å². The van der Waals surface area contributed by atoms with Gasteiger partial charge < -0.3 is 20.3 Å². The topological polar surface area (TPSA) is 89.9 Å². The van der Waals surface area contributed by atoms with E-state index >= 15 is 0 Å². The summed E-state index contributed by atoms with van der Waals surface area (Å²) in [6.07, 6.45) is 1.30. The number of rotatable bonds is 4. The van der Waals surface area contributed by atoms with Crippen LogP contribution in [0.3, 0.4) is 0 Å². The Morgan fingerprint density at radius 2 is 2.18 bits per heavy atom. The summed E-state index contributed by atoms with van der Waals surface area (Å²) >= 11 is 2.13. The predicted octanol–water partition coefficient (Wildman–Crippen LogP) is 0.332. The Labute approximate surface area is 143 Å². The van der Waals surface area contributed by atoms with Gasteiger partial charge in [-0.15, -0.1) is 0 Å². The highest BCUT2D eigenvalue weighted by Gasteiger charge is 2.36. The minimum atomic E-state index is -1.54. The normalized spacial score (nSPS) is 17.5. The summed E-state index contributed by atoms with van der Waals surface area (Å²) in [6.45, 7) is 2.18. The zero-order valence-corrected chi connectivity index (χ0v) is 14.4. The second-order valence-corrected chi connectivity index (χ2v) is 6.60. The molecule has 118 valence electrons. The number of benzene rings is 1. The fourth-order valence-electron chi connectivity index (χ4n) is 2.60. The summed E-state index contributed by atoms with van der Waals surface area (Å²) in [4.78, 5) is 25.7. The molecule has 1 aliphatic heterocycles. The maximum Gasteiger partial charge on any atom is 0.475 e. The molecule has 1 aliphatic rings. The Hall–Kier alpha value is -1.13. The van der Waals surface area contributed by atoms with E-state index in [1.165, 1.54) is 4.90 Å². The van der Waals surface area contributed by atoms with Gasteiger partial charge >= 0.3 is 7.12 Å². The van der Waals surface area contributed by atoms with E-state index in [1.807, 2.05) is 19.1 Å². The van der Waals surface area contributed by atoms with Crippen molar-refractivity contribution in [2.75, 3.05) is 13.1 Å². The van der Waals surface area contributed by atoms with Crippen LogP contribution in [0.25, 0.3) is 0 Å². The molecule has 2 amide bonds. The van der Waals surface area contributed by atoms with Gasteiger partial charge in [-0.25, -0.2) is 0 Å². The summed E-state index contributed by atoms with van der Waals surface area (Å²) in [5, 5.41) is 21.1. The third kappa shape index (κ3) is 3.99. The molecule has 0 aromatic heterocycles. The smallest absolute Gasteiger partial charge is 0.426 e. The van der Waals surface area contributed by atoms with Gasteiger partial charge in [0.1, 0.15) is 0 Å². The van der Waals surface area contributed by atoms with E-state index in [9.17, 15) is 19.6 Å². The molecule has 1 fully saturated rings. The predicted molar refractivity (Wildman–Crippen MR) is 91.2 cm³/mol. The molecule has 0 saturated carbocycles. The molecule has 2 rings (SSSR count). The zero-order chi connectivity index (χ0) is 16.3. The fourth-order valence-corrected chi connectivity index (χ4v) is 3.09. The molecule has 8 heteroatoms. The van der Waals surface area contributed by atoms with Crippen molar-refractivity contribution in [3.8, 4) is 0 Å². The highest BCUT2D eigenvalue weighted by atomic mass is 127. The molecule has 1 aromatic rings. The van der Waals surface area contributed by atoms with Crippen molar-refractivity contribution >= 4 is 41.5 Å². The second kappa shape index (κ2) is 7.43. The van der Waals surface area contributed by atoms with Crippen LogP contribution >= 0.6 is 22.6 Å². The molecular formula is C14H18BIN2O4. The third-order valence-electron chi connectivity index (χ3n) is 3.81. The van der Waals surface area contributed by atoms with E-state index < -0.39 is 13.1 Å². The lowest BCUT2D eigenvalue weighted by atomic mass is 9.78. The number of halogens is 1. The van der Waals surface area contributed by atoms with Crippen LogP contribution in [0.2, 0.25) is 0 Å². The molecule has 1 atom stereocenters. The molecule has 0 radical (unpaired) electrons. The number of carbonyl (C=O) groups excluding carboxylic acids is 2. The van der Waals surface area contributed by atoms with Crippen LogP contribution in [0, 0.1) is 10.5 Å². The number of hydrogen-bond donors (Lipinski definition) is 3. The minimum Gasteiger partial charge on any atom is -0.426 e. The lowest BCUT2D eigenvalue weighted by Crippen LogP contribution is -2.49. The summed E-state index contributed by atoms with van der Waals surface area (Å²) in [5.74, 6) is -1.18. The van der Waals surface area contributed by atoms with Crippen LogP contribution in [0.15, 0.2) is 18.2 Å². The van der Waals surface area contributed by atoms with Gasteiger partial charge in [0.15, 0.2) is 0 Å². The van der Waals surface area contributed by atoms with E-state index in [4.69, 9.17) is 0 Å². The molecule has 3 N–H and O–H groups in total. The maximum atomic E-state index is 12.2. The molecule has 22 heavy (non-hydrogen) atoms. The fraction of sp³-hybridized carbons (Fsp3) is 0.429. The molecule has 6 nitrogen and oxygen atoms in total. The first kappa shape index (κ1) is 17.2. The van der Waals surface area contributed by atoms with Crippen LogP contribution in [0.1, 0.15) is 28.8 Å². The number of likely N-dealkylation sites (tertiary alicyclic amines) is 1. The third-order valence-corrected chi connectivity index (χ3v) is 4.48. The lowest BCUT2D eigenvalue weighted by Gasteiger charge is -2.24. The van der Waals surface area contributed by atoms with E-state index in [1.54, 1.807) is 6.07 Å². The largest absolute Gasteiger partial charge is 0.475 e. The minimum absolute atomic E-state index is 0.146. The van der Waals surface area contributed by atoms with Gasteiger partial charge in [-0.05, 0) is 60.1 Å². The first-order chi connectivity index (χ1) is 10.4. The second-order valence-electron chi connectivity index (χ2n) is 5.35. The van der Waals surface area contributed by atoms with Crippen LogP contribution in [-0.2, 0) is 4.79 Å². The number of hydrogen-bond acceptors (Lipinski definition) is 4. The average Bonchev–Trinajstić information content (AvgIpc) is 2.96. The molecule has 1 heterocycles. The number of aryl methyl sites for hydroxylation is 1. The Morgan fingerprint density at radius 3 is 2.86 bits per heavy atom. The van der Waals surface area contributed by atoms with Crippen molar-refractivity contribution in [3.63, 3.8) is 0 Å². The number of nitrogens with one attached hydrogen (secondary N) is 1. The standard InChI is InChI=1S/C14H18BIN2O4/c1-9-4-5-10(16)7-11(9)14(20)17-8-13(19)18-6-2-3-12(18)15(21)22/h4-5,7,12,21-22H,2-3,6,8H2,1H3,(H,17,20). The average molecular weight is 416 g/mol. The Balaban J connectivity index is 1.96. The molecule has 0 aliphatic carbocycles. The van der Waals surface area contributed by atoms with Crippen molar-refractivity contribution in [1.82, 2.24) is 10.2 Å². The summed E-state index contributed by atoms with van der Waals surface area (Å²) in [6, 6.07) is 5.54. The van der Waals surface area contributed by atoms with Crippen molar-refractivity contribution in [2.24, 2.45) is 0 Å². The highest BCUT2D eigenvalue weighted by Crippen LogP contribution is 2.18. The van der Waals surface area contributed by atoms with E-state index in [0.717, 1.165) is 15.6 Å². The highest BCUT2D eigenvalue weighted by molar-refractivity contribution is 14.1. The van der Waals surface area contributed by atoms with Crippen molar-refractivity contribution in [3.05, 3.63) is 32.9 Å². The van der Waals surface area contributed by atoms with Crippen LogP contribution in [0.4, 0.5) is 0 Å². The Morgan fingerprint density at radius 1 is 1.45 bits per heavy atom. The number of nitrogens with zero attached hydrogens (tertiary/aromatic N) is 1. The van der Waals surface area contributed by atoms with Crippen LogP contribution in [-0.4, -0.2) is 52.9 Å². The summed E-state index contributed by atoms with van der Waals surface area (Å²) in [5.41, 5.74) is 1.38. The van der Waals surface area contributed by atoms with E-state index in [2.05, 4.69) is 27.9 Å². The van der Waals surface area contributed by atoms with Gasteiger partial charge in [0, 0.05) is 15.7 Å². The van der Waals surface area contributed by atoms with Gasteiger partial charge in [0.05, 0.1) is 12.5 Å². The monoisotopic (exact) mass is 416 g/mol. The zero-order valence-electron chi connectivity index (χ0n) is 12.3. The molecule has 0 bridgehead atoms. The SMILES string of the molecule is Cc1ccc(I)cc1C(=O)NCC(=O)N1CCCC1B(O)O. The maximum absolute atomic E-state index is 12.2. The quantitative estimate of drug-likeness (QED) is 0.488. The Bertz CT molecular complexity index is 582. The Kier molecular flexibility index (Phi) is 5.82. The van der Waals surface area contributed by atoms with Crippen molar-refractivity contribution < 1.29 is 19.6 Å². The van der Waals surface area contributed by atoms with Crippen molar-refractivity contribution in [1.29, 1.82) is 0 Å². The summed E-state index contributed by atoms with van der Waals surface area (Å²) < 4.78 is 0.947. The van der Waals surface area contributed by atoms with Gasteiger partial charge in [0.25, 0.3) is 5.91 Å². The van der Waals surface area contributed by atoms with Gasteiger partial charge in [-0.1, -0.05) is 6.07 Å². The first-order valence-electron chi connectivity index (χ1n) is 7.10. The first-order valence-corrected chi connectivity index (χ1v) is 8.18. The summed E-state index contributed by atoms with van der Waals surface area (Å²) in [7, 11) is -1.54. The van der Waals surface area contributed by atoms with Gasteiger partial charge in [-0.3, -0.25) is 9.59 Å². The van der Waals surface area contributed by atoms with E-state index in [0.29, 0.717) is 18.5 Å². The number of carbonyl (C=O) groups is 2. The molecular weight excluding hydrogens is 398 g/mol. The lowest BCUT2D eigenvalue weighted by molar-refractivity contribution is -0.130. The molecule has 1 saturated heterocycles. The molecule has 0 spiro atoms. The van der Waals surface area contributed by atoms with Crippen LogP contribution < -0.4 is 5.32 Å². The molecule has 1 aromatic carbocycles. The number of amides is 2. The van der Waals surface area contributed by atoms with Crippen molar-refractivity contribution in [2.45, 2.75) is 25.7 Å². The van der Waals surface area contributed by atoms with E-state index in [-0.39, 0.29) is 18.4 Å². The van der Waals surface area contributed by atoms with Crippen LogP contribution in [0.5, 0.6) is 0 Å².